The van der Waals surface area contributed by atoms with Gasteiger partial charge in [-0.2, -0.15) is 0 Å². The summed E-state index contributed by atoms with van der Waals surface area (Å²) in [5.41, 5.74) is 2.44. The number of nitrogens with one attached hydrogen (secondary N) is 1. The summed E-state index contributed by atoms with van der Waals surface area (Å²) in [5, 5.41) is 2.87. The van der Waals surface area contributed by atoms with Crippen molar-refractivity contribution in [2.24, 2.45) is 0 Å². The summed E-state index contributed by atoms with van der Waals surface area (Å²) in [6, 6.07) is 15.6. The van der Waals surface area contributed by atoms with Crippen molar-refractivity contribution >= 4 is 5.91 Å². The Morgan fingerprint density at radius 2 is 1.48 bits per heavy atom. The lowest BCUT2D eigenvalue weighted by Gasteiger charge is -2.15. The first-order valence-electron chi connectivity index (χ1n) is 8.65. The Balaban J connectivity index is 1.71. The number of aryl methyl sites for hydroxylation is 1. The second-order valence-electron chi connectivity index (χ2n) is 6.61. The van der Waals surface area contributed by atoms with E-state index in [0.717, 1.165) is 5.75 Å². The molecule has 0 saturated carbocycles. The molecule has 0 aliphatic rings. The van der Waals surface area contributed by atoms with E-state index in [1.807, 2.05) is 62.4 Å². The Bertz CT molecular complexity index is 663. The van der Waals surface area contributed by atoms with Crippen molar-refractivity contribution in [2.45, 2.75) is 39.7 Å². The van der Waals surface area contributed by atoms with Gasteiger partial charge < -0.3 is 14.8 Å². The molecule has 134 valence electrons. The Hall–Kier alpha value is -2.49. The van der Waals surface area contributed by atoms with Crippen LogP contribution in [-0.2, 0) is 4.79 Å². The van der Waals surface area contributed by atoms with E-state index < -0.39 is 0 Å². The van der Waals surface area contributed by atoms with Crippen LogP contribution in [0.25, 0.3) is 0 Å². The first-order chi connectivity index (χ1) is 11.9. The van der Waals surface area contributed by atoms with E-state index in [2.05, 4.69) is 19.2 Å². The fourth-order valence-corrected chi connectivity index (χ4v) is 2.31. The highest BCUT2D eigenvalue weighted by molar-refractivity contribution is 5.77. The maximum atomic E-state index is 12.0. The maximum Gasteiger partial charge on any atom is 0.258 e. The second kappa shape index (κ2) is 9.11. The van der Waals surface area contributed by atoms with Crippen molar-refractivity contribution in [3.63, 3.8) is 0 Å². The molecule has 0 spiro atoms. The zero-order valence-corrected chi connectivity index (χ0v) is 15.4. The van der Waals surface area contributed by atoms with Gasteiger partial charge in [-0.25, -0.2) is 0 Å². The molecule has 4 heteroatoms. The summed E-state index contributed by atoms with van der Waals surface area (Å²) in [5.74, 6) is 1.82. The standard InChI is InChI=1S/C21H27NO3/c1-15(2)18-7-11-20(12-8-18)25-14-21(23)22-17(4)13-24-19-9-5-16(3)6-10-19/h5-12,15,17H,13-14H2,1-4H3,(H,22,23). The van der Waals surface area contributed by atoms with Crippen LogP contribution in [0, 0.1) is 6.92 Å². The molecule has 0 heterocycles. The average molecular weight is 341 g/mol. The van der Waals surface area contributed by atoms with E-state index >= 15 is 0 Å². The Labute approximate surface area is 150 Å². The monoisotopic (exact) mass is 341 g/mol. The Morgan fingerprint density at radius 1 is 0.920 bits per heavy atom. The highest BCUT2D eigenvalue weighted by Crippen LogP contribution is 2.18. The summed E-state index contributed by atoms with van der Waals surface area (Å²) in [4.78, 5) is 12.0. The molecule has 0 radical (unpaired) electrons. The number of hydrogen-bond donors (Lipinski definition) is 1. The van der Waals surface area contributed by atoms with E-state index in [1.54, 1.807) is 0 Å². The molecular weight excluding hydrogens is 314 g/mol. The van der Waals surface area contributed by atoms with Crippen molar-refractivity contribution in [1.82, 2.24) is 5.32 Å². The van der Waals surface area contributed by atoms with Crippen molar-refractivity contribution < 1.29 is 14.3 Å². The smallest absolute Gasteiger partial charge is 0.258 e. The fourth-order valence-electron chi connectivity index (χ4n) is 2.31. The summed E-state index contributed by atoms with van der Waals surface area (Å²) in [7, 11) is 0. The minimum absolute atomic E-state index is 0.00407. The van der Waals surface area contributed by atoms with Crippen LogP contribution in [0.1, 0.15) is 37.8 Å². The minimum Gasteiger partial charge on any atom is -0.491 e. The SMILES string of the molecule is Cc1ccc(OCC(C)NC(=O)COc2ccc(C(C)C)cc2)cc1. The Kier molecular flexibility index (Phi) is 6.87. The third-order valence-corrected chi connectivity index (χ3v) is 3.85. The number of amides is 1. The lowest BCUT2D eigenvalue weighted by Crippen LogP contribution is -2.39. The van der Waals surface area contributed by atoms with E-state index in [4.69, 9.17) is 9.47 Å². The number of benzene rings is 2. The first-order valence-corrected chi connectivity index (χ1v) is 8.65. The van der Waals surface area contributed by atoms with Gasteiger partial charge in [0.2, 0.25) is 0 Å². The molecule has 1 atom stereocenters. The van der Waals surface area contributed by atoms with Gasteiger partial charge in [-0.3, -0.25) is 4.79 Å². The molecule has 1 N–H and O–H groups in total. The van der Waals surface area contributed by atoms with E-state index in [0.29, 0.717) is 18.3 Å². The summed E-state index contributed by atoms with van der Waals surface area (Å²) in [6.07, 6.45) is 0. The van der Waals surface area contributed by atoms with Gasteiger partial charge in [0.15, 0.2) is 6.61 Å². The molecule has 0 saturated heterocycles. The highest BCUT2D eigenvalue weighted by Gasteiger charge is 2.09. The zero-order valence-electron chi connectivity index (χ0n) is 15.4. The normalized spacial score (nSPS) is 11.9. The zero-order chi connectivity index (χ0) is 18.2. The molecule has 1 amide bonds. The summed E-state index contributed by atoms with van der Waals surface area (Å²) < 4.78 is 11.2. The molecule has 0 fully saturated rings. The van der Waals surface area contributed by atoms with Gasteiger partial charge in [0.25, 0.3) is 5.91 Å². The van der Waals surface area contributed by atoms with Gasteiger partial charge in [-0.15, -0.1) is 0 Å². The van der Waals surface area contributed by atoms with Crippen LogP contribution in [0.5, 0.6) is 11.5 Å². The van der Waals surface area contributed by atoms with Crippen molar-refractivity contribution in [3.05, 3.63) is 59.7 Å². The second-order valence-corrected chi connectivity index (χ2v) is 6.61. The summed E-state index contributed by atoms with van der Waals surface area (Å²) in [6.45, 7) is 8.63. The molecule has 0 bridgehead atoms. The van der Waals surface area contributed by atoms with Crippen LogP contribution >= 0.6 is 0 Å². The van der Waals surface area contributed by atoms with Crippen LogP contribution in [0.3, 0.4) is 0 Å². The van der Waals surface area contributed by atoms with Gasteiger partial charge in [-0.05, 0) is 49.6 Å². The number of hydrogen-bond acceptors (Lipinski definition) is 3. The fraction of sp³-hybridized carbons (Fsp3) is 0.381. The molecule has 0 aliphatic carbocycles. The summed E-state index contributed by atoms with van der Waals surface area (Å²) >= 11 is 0. The number of ether oxygens (including phenoxy) is 2. The minimum atomic E-state index is -0.159. The van der Waals surface area contributed by atoms with Crippen molar-refractivity contribution in [1.29, 1.82) is 0 Å². The average Bonchev–Trinajstić information content (AvgIpc) is 2.60. The van der Waals surface area contributed by atoms with Gasteiger partial charge >= 0.3 is 0 Å². The van der Waals surface area contributed by atoms with Crippen LogP contribution in [0.2, 0.25) is 0 Å². The lowest BCUT2D eigenvalue weighted by atomic mass is 10.0. The predicted octanol–water partition coefficient (Wildman–Crippen LogP) is 4.08. The third-order valence-electron chi connectivity index (χ3n) is 3.85. The van der Waals surface area contributed by atoms with Crippen molar-refractivity contribution in [2.75, 3.05) is 13.2 Å². The number of rotatable bonds is 8. The van der Waals surface area contributed by atoms with E-state index in [1.165, 1.54) is 11.1 Å². The largest absolute Gasteiger partial charge is 0.491 e. The predicted molar refractivity (Wildman–Crippen MR) is 100 cm³/mol. The number of carbonyl (C=O) groups excluding carboxylic acids is 1. The third kappa shape index (κ3) is 6.49. The molecule has 2 rings (SSSR count). The highest BCUT2D eigenvalue weighted by atomic mass is 16.5. The van der Waals surface area contributed by atoms with Crippen LogP contribution in [-0.4, -0.2) is 25.2 Å². The molecule has 4 nitrogen and oxygen atoms in total. The molecular formula is C21H27NO3. The Morgan fingerprint density at radius 3 is 2.08 bits per heavy atom. The van der Waals surface area contributed by atoms with Crippen LogP contribution < -0.4 is 14.8 Å². The lowest BCUT2D eigenvalue weighted by molar-refractivity contribution is -0.123. The van der Waals surface area contributed by atoms with Crippen LogP contribution in [0.4, 0.5) is 0 Å². The topological polar surface area (TPSA) is 47.6 Å². The van der Waals surface area contributed by atoms with Gasteiger partial charge in [0, 0.05) is 0 Å². The first kappa shape index (κ1) is 18.8. The van der Waals surface area contributed by atoms with Crippen LogP contribution in [0.15, 0.2) is 48.5 Å². The number of carbonyl (C=O) groups is 1. The molecule has 2 aromatic rings. The van der Waals surface area contributed by atoms with Gasteiger partial charge in [0.05, 0.1) is 6.04 Å². The van der Waals surface area contributed by atoms with E-state index in [-0.39, 0.29) is 18.6 Å². The molecule has 2 aromatic carbocycles. The van der Waals surface area contributed by atoms with E-state index in [9.17, 15) is 4.79 Å². The molecule has 0 aliphatic heterocycles. The molecule has 0 aromatic heterocycles. The quantitative estimate of drug-likeness (QED) is 0.787. The van der Waals surface area contributed by atoms with Gasteiger partial charge in [-0.1, -0.05) is 43.7 Å². The van der Waals surface area contributed by atoms with Crippen molar-refractivity contribution in [3.8, 4) is 11.5 Å². The molecule has 25 heavy (non-hydrogen) atoms. The molecule has 1 unspecified atom stereocenters. The van der Waals surface area contributed by atoms with Gasteiger partial charge in [0.1, 0.15) is 18.1 Å². The maximum absolute atomic E-state index is 12.0.